The predicted molar refractivity (Wildman–Crippen MR) is 114 cm³/mol. The monoisotopic (exact) mass is 420 g/mol. The summed E-state index contributed by atoms with van der Waals surface area (Å²) in [5.74, 6) is -0.934. The SMILES string of the molecule is CCCc1[nH]n(-c2ccccc2)c(=O)c1/C=C1\NC(=O)N(Cc2ccc(F)cc2)C1=O. The van der Waals surface area contributed by atoms with E-state index in [2.05, 4.69) is 10.4 Å². The van der Waals surface area contributed by atoms with Gasteiger partial charge in [0, 0.05) is 5.69 Å². The van der Waals surface area contributed by atoms with Gasteiger partial charge < -0.3 is 5.32 Å². The minimum Gasteiger partial charge on any atom is -0.303 e. The van der Waals surface area contributed by atoms with Crippen molar-refractivity contribution in [1.29, 1.82) is 0 Å². The molecule has 1 saturated heterocycles. The minimum absolute atomic E-state index is 0.00544. The molecule has 2 aromatic carbocycles. The Morgan fingerprint density at radius 2 is 1.71 bits per heavy atom. The summed E-state index contributed by atoms with van der Waals surface area (Å²) < 4.78 is 14.5. The van der Waals surface area contributed by atoms with Crippen molar-refractivity contribution in [2.75, 3.05) is 0 Å². The van der Waals surface area contributed by atoms with Crippen LogP contribution in [-0.2, 0) is 17.8 Å². The number of imide groups is 1. The third-order valence-electron chi connectivity index (χ3n) is 5.02. The maximum absolute atomic E-state index is 13.1. The Kier molecular flexibility index (Phi) is 5.53. The number of nitrogens with zero attached hydrogens (tertiary/aromatic N) is 2. The summed E-state index contributed by atoms with van der Waals surface area (Å²) >= 11 is 0. The first kappa shape index (κ1) is 20.3. The summed E-state index contributed by atoms with van der Waals surface area (Å²) in [5, 5.41) is 5.65. The van der Waals surface area contributed by atoms with Gasteiger partial charge in [-0.1, -0.05) is 43.7 Å². The summed E-state index contributed by atoms with van der Waals surface area (Å²) in [5.41, 5.74) is 2.03. The Morgan fingerprint density at radius 3 is 2.39 bits per heavy atom. The first-order valence-corrected chi connectivity index (χ1v) is 9.96. The number of nitrogens with one attached hydrogen (secondary N) is 2. The van der Waals surface area contributed by atoms with Crippen molar-refractivity contribution in [3.63, 3.8) is 0 Å². The fraction of sp³-hybridized carbons (Fsp3) is 0.174. The zero-order valence-corrected chi connectivity index (χ0v) is 16.9. The van der Waals surface area contributed by atoms with E-state index in [0.29, 0.717) is 28.9 Å². The van der Waals surface area contributed by atoms with Gasteiger partial charge in [0.25, 0.3) is 11.5 Å². The van der Waals surface area contributed by atoms with Crippen molar-refractivity contribution >= 4 is 18.0 Å². The highest BCUT2D eigenvalue weighted by Gasteiger charge is 2.34. The molecule has 0 atom stereocenters. The van der Waals surface area contributed by atoms with Crippen molar-refractivity contribution in [1.82, 2.24) is 20.0 Å². The Hall–Kier alpha value is -3.94. The number of aryl methyl sites for hydroxylation is 1. The molecule has 1 aliphatic rings. The zero-order chi connectivity index (χ0) is 22.0. The number of aromatic nitrogens is 2. The number of hydrogen-bond donors (Lipinski definition) is 2. The van der Waals surface area contributed by atoms with Gasteiger partial charge in [0.2, 0.25) is 0 Å². The Morgan fingerprint density at radius 1 is 1.00 bits per heavy atom. The van der Waals surface area contributed by atoms with Crippen molar-refractivity contribution in [2.45, 2.75) is 26.3 Å². The lowest BCUT2D eigenvalue weighted by Crippen LogP contribution is -2.30. The van der Waals surface area contributed by atoms with Crippen LogP contribution in [0.3, 0.4) is 0 Å². The van der Waals surface area contributed by atoms with Crippen molar-refractivity contribution in [3.05, 3.63) is 93.3 Å². The molecule has 31 heavy (non-hydrogen) atoms. The number of carbonyl (C=O) groups is 2. The average Bonchev–Trinajstić information content (AvgIpc) is 3.22. The first-order valence-electron chi connectivity index (χ1n) is 9.96. The molecule has 8 heteroatoms. The van der Waals surface area contributed by atoms with Gasteiger partial charge in [0.15, 0.2) is 0 Å². The topological polar surface area (TPSA) is 87.2 Å². The summed E-state index contributed by atoms with van der Waals surface area (Å²) in [6.45, 7) is 1.99. The van der Waals surface area contributed by atoms with E-state index in [4.69, 9.17) is 0 Å². The largest absolute Gasteiger partial charge is 0.329 e. The number of urea groups is 1. The van der Waals surface area contributed by atoms with E-state index in [1.807, 2.05) is 25.1 Å². The van der Waals surface area contributed by atoms with E-state index in [9.17, 15) is 18.8 Å². The van der Waals surface area contributed by atoms with E-state index < -0.39 is 17.8 Å². The van der Waals surface area contributed by atoms with Crippen LogP contribution in [-0.4, -0.2) is 26.6 Å². The van der Waals surface area contributed by atoms with E-state index in [0.717, 1.165) is 11.3 Å². The maximum atomic E-state index is 13.1. The van der Waals surface area contributed by atoms with Gasteiger partial charge in [-0.2, -0.15) is 0 Å². The number of H-pyrrole nitrogens is 1. The van der Waals surface area contributed by atoms with E-state index >= 15 is 0 Å². The van der Waals surface area contributed by atoms with Crippen LogP contribution >= 0.6 is 0 Å². The lowest BCUT2D eigenvalue weighted by atomic mass is 10.1. The van der Waals surface area contributed by atoms with Crippen LogP contribution < -0.4 is 10.9 Å². The number of carbonyl (C=O) groups excluding carboxylic acids is 2. The second kappa shape index (κ2) is 8.43. The number of amides is 3. The molecule has 2 N–H and O–H groups in total. The van der Waals surface area contributed by atoms with Crippen molar-refractivity contribution in [2.24, 2.45) is 0 Å². The third kappa shape index (κ3) is 4.05. The van der Waals surface area contributed by atoms with Crippen LogP contribution in [0.5, 0.6) is 0 Å². The van der Waals surface area contributed by atoms with Crippen LogP contribution in [0, 0.1) is 5.82 Å². The fourth-order valence-electron chi connectivity index (χ4n) is 3.48. The van der Waals surface area contributed by atoms with E-state index in [-0.39, 0.29) is 17.8 Å². The first-order chi connectivity index (χ1) is 15.0. The molecule has 7 nitrogen and oxygen atoms in total. The average molecular weight is 420 g/mol. The molecule has 1 fully saturated rings. The molecule has 4 rings (SSSR count). The normalized spacial score (nSPS) is 15.0. The summed E-state index contributed by atoms with van der Waals surface area (Å²) in [6.07, 6.45) is 2.83. The fourth-order valence-corrected chi connectivity index (χ4v) is 3.48. The number of para-hydroxylation sites is 1. The zero-order valence-electron chi connectivity index (χ0n) is 16.9. The van der Waals surface area contributed by atoms with Crippen LogP contribution in [0.25, 0.3) is 11.8 Å². The number of halogens is 1. The summed E-state index contributed by atoms with van der Waals surface area (Å²) in [6, 6.07) is 14.1. The molecule has 0 aliphatic carbocycles. The van der Waals surface area contributed by atoms with Crippen LogP contribution in [0.1, 0.15) is 30.2 Å². The third-order valence-corrected chi connectivity index (χ3v) is 5.02. The Labute approximate surface area is 177 Å². The van der Waals surface area contributed by atoms with E-state index in [1.165, 1.54) is 35.0 Å². The summed E-state index contributed by atoms with van der Waals surface area (Å²) in [7, 11) is 0. The molecule has 0 spiro atoms. The molecule has 2 heterocycles. The molecule has 158 valence electrons. The van der Waals surface area contributed by atoms with Gasteiger partial charge in [-0.15, -0.1) is 0 Å². The highest BCUT2D eigenvalue weighted by atomic mass is 19.1. The molecule has 1 aliphatic heterocycles. The molecule has 3 aromatic rings. The maximum Gasteiger partial charge on any atom is 0.329 e. The molecule has 1 aromatic heterocycles. The minimum atomic E-state index is -0.587. The van der Waals surface area contributed by atoms with Crippen molar-refractivity contribution < 1.29 is 14.0 Å². The number of benzene rings is 2. The van der Waals surface area contributed by atoms with Gasteiger partial charge in [0.1, 0.15) is 11.5 Å². The Balaban J connectivity index is 1.67. The lowest BCUT2D eigenvalue weighted by molar-refractivity contribution is -0.123. The van der Waals surface area contributed by atoms with Gasteiger partial charge in [-0.25, -0.2) is 13.9 Å². The number of rotatable bonds is 6. The predicted octanol–water partition coefficient (Wildman–Crippen LogP) is 3.35. The highest BCUT2D eigenvalue weighted by molar-refractivity contribution is 6.13. The molecule has 0 bridgehead atoms. The van der Waals surface area contributed by atoms with Crippen LogP contribution in [0.2, 0.25) is 0 Å². The van der Waals surface area contributed by atoms with Crippen LogP contribution in [0.15, 0.2) is 65.1 Å². The molecular formula is C23H21FN4O3. The molecule has 0 saturated carbocycles. The van der Waals surface area contributed by atoms with Gasteiger partial charge in [-0.3, -0.25) is 19.6 Å². The van der Waals surface area contributed by atoms with Gasteiger partial charge >= 0.3 is 6.03 Å². The van der Waals surface area contributed by atoms with Gasteiger partial charge in [0.05, 0.1) is 17.8 Å². The Bertz CT molecular complexity index is 1210. The smallest absolute Gasteiger partial charge is 0.303 e. The second-order valence-corrected chi connectivity index (χ2v) is 7.24. The molecular weight excluding hydrogens is 399 g/mol. The van der Waals surface area contributed by atoms with Crippen molar-refractivity contribution in [3.8, 4) is 5.69 Å². The molecule has 3 amide bonds. The lowest BCUT2D eigenvalue weighted by Gasteiger charge is -2.11. The van der Waals surface area contributed by atoms with Gasteiger partial charge in [-0.05, 0) is 42.3 Å². The number of hydrogen-bond acceptors (Lipinski definition) is 3. The highest BCUT2D eigenvalue weighted by Crippen LogP contribution is 2.18. The molecule has 0 radical (unpaired) electrons. The second-order valence-electron chi connectivity index (χ2n) is 7.24. The molecule has 0 unspecified atom stereocenters. The standard InChI is InChI=1S/C23H21FN4O3/c1-2-6-19-18(21(29)28(26-19)17-7-4-3-5-8-17)13-20-22(30)27(23(31)25-20)14-15-9-11-16(24)12-10-15/h3-5,7-13,26H,2,6,14H2,1H3,(H,25,31)/b20-13-. The summed E-state index contributed by atoms with van der Waals surface area (Å²) in [4.78, 5) is 39.3. The number of aromatic amines is 1. The van der Waals surface area contributed by atoms with E-state index in [1.54, 1.807) is 12.1 Å². The van der Waals surface area contributed by atoms with Crippen LogP contribution in [0.4, 0.5) is 9.18 Å². The quantitative estimate of drug-likeness (QED) is 0.474.